The van der Waals surface area contributed by atoms with Crippen LogP contribution < -0.4 is 5.32 Å². The number of aliphatic hydroxyl groups is 1. The number of benzene rings is 1. The molecule has 1 aromatic carbocycles. The number of nitrogens with zero attached hydrogens (tertiary/aromatic N) is 1. The van der Waals surface area contributed by atoms with Gasteiger partial charge in [-0.15, -0.1) is 0 Å². The van der Waals surface area contributed by atoms with Crippen LogP contribution >= 0.6 is 27.5 Å². The molecule has 0 spiro atoms. The van der Waals surface area contributed by atoms with Crippen molar-refractivity contribution in [3.05, 3.63) is 39.2 Å². The predicted molar refractivity (Wildman–Crippen MR) is 74.6 cm³/mol. The van der Waals surface area contributed by atoms with Gasteiger partial charge in [0.2, 0.25) is 0 Å². The molecular formula is C12H9BrClFN2O3. The first-order valence-corrected chi connectivity index (χ1v) is 6.71. The first-order chi connectivity index (χ1) is 9.43. The van der Waals surface area contributed by atoms with Crippen molar-refractivity contribution in [1.29, 1.82) is 0 Å². The van der Waals surface area contributed by atoms with E-state index in [0.717, 1.165) is 11.0 Å². The second-order valence-corrected chi connectivity index (χ2v) is 5.27. The van der Waals surface area contributed by atoms with E-state index in [9.17, 15) is 14.0 Å². The van der Waals surface area contributed by atoms with Crippen LogP contribution in [0.2, 0.25) is 5.02 Å². The molecule has 1 aromatic rings. The van der Waals surface area contributed by atoms with Gasteiger partial charge in [-0.05, 0) is 12.1 Å². The lowest BCUT2D eigenvalue weighted by Crippen LogP contribution is -2.34. The van der Waals surface area contributed by atoms with Crippen molar-refractivity contribution in [2.75, 3.05) is 18.5 Å². The number of carbonyl (C=O) groups excluding carboxylic acids is 2. The number of β-amino-alcohol motifs (C(OH)–C–C–N with tert-alkyl or cyclic N) is 1. The van der Waals surface area contributed by atoms with Gasteiger partial charge in [0.1, 0.15) is 5.70 Å². The van der Waals surface area contributed by atoms with Crippen LogP contribution in [0.1, 0.15) is 0 Å². The summed E-state index contributed by atoms with van der Waals surface area (Å²) >= 11 is 8.84. The number of hydrogen-bond acceptors (Lipinski definition) is 4. The lowest BCUT2D eigenvalue weighted by Gasteiger charge is -2.14. The third kappa shape index (κ3) is 2.84. The lowest BCUT2D eigenvalue weighted by molar-refractivity contribution is -0.137. The lowest BCUT2D eigenvalue weighted by atomic mass is 10.3. The molecule has 5 nitrogen and oxygen atoms in total. The molecule has 8 heteroatoms. The molecule has 0 radical (unpaired) electrons. The Labute approximate surface area is 127 Å². The normalized spacial score (nSPS) is 14.8. The van der Waals surface area contributed by atoms with Gasteiger partial charge in [-0.3, -0.25) is 14.5 Å². The minimum Gasteiger partial charge on any atom is -0.395 e. The minimum atomic E-state index is -0.725. The summed E-state index contributed by atoms with van der Waals surface area (Å²) in [4.78, 5) is 24.3. The van der Waals surface area contributed by atoms with Gasteiger partial charge in [0, 0.05) is 10.5 Å². The fourth-order valence-corrected chi connectivity index (χ4v) is 2.51. The van der Waals surface area contributed by atoms with Crippen LogP contribution in [0.25, 0.3) is 0 Å². The summed E-state index contributed by atoms with van der Waals surface area (Å²) in [5, 5.41) is 11.2. The summed E-state index contributed by atoms with van der Waals surface area (Å²) in [5.41, 5.74) is -0.0980. The first-order valence-electron chi connectivity index (χ1n) is 5.54. The standard InChI is InChI=1S/C12H9BrClFN2O3/c13-6-3-7(14)11(15)8(4-6)16-9-5-10(19)17(1-2-18)12(9)20/h3-5,16,18H,1-2H2. The topological polar surface area (TPSA) is 69.6 Å². The van der Waals surface area contributed by atoms with Crippen LogP contribution in [0.3, 0.4) is 0 Å². The van der Waals surface area contributed by atoms with E-state index < -0.39 is 17.6 Å². The molecule has 0 bridgehead atoms. The maximum absolute atomic E-state index is 13.8. The van der Waals surface area contributed by atoms with Gasteiger partial charge in [0.15, 0.2) is 5.82 Å². The van der Waals surface area contributed by atoms with Crippen LogP contribution in [0.4, 0.5) is 10.1 Å². The summed E-state index contributed by atoms with van der Waals surface area (Å²) in [5.74, 6) is -1.91. The Balaban J connectivity index is 2.26. The number of imide groups is 1. The molecule has 2 N–H and O–H groups in total. The molecule has 0 saturated carbocycles. The van der Waals surface area contributed by atoms with Gasteiger partial charge in [-0.2, -0.15) is 0 Å². The number of hydrogen-bond donors (Lipinski definition) is 2. The van der Waals surface area contributed by atoms with Crippen molar-refractivity contribution in [1.82, 2.24) is 4.90 Å². The second kappa shape index (κ2) is 5.90. The molecule has 106 valence electrons. The third-order valence-electron chi connectivity index (χ3n) is 2.60. The predicted octanol–water partition coefficient (Wildman–Crippen LogP) is 1.90. The molecule has 0 aromatic heterocycles. The number of nitrogens with one attached hydrogen (secondary N) is 1. The van der Waals surface area contributed by atoms with Crippen LogP contribution in [-0.2, 0) is 9.59 Å². The van der Waals surface area contributed by atoms with Crippen molar-refractivity contribution >= 4 is 45.0 Å². The van der Waals surface area contributed by atoms with E-state index in [4.69, 9.17) is 16.7 Å². The van der Waals surface area contributed by atoms with Crippen molar-refractivity contribution in [3.8, 4) is 0 Å². The smallest absolute Gasteiger partial charge is 0.277 e. The van der Waals surface area contributed by atoms with Crippen molar-refractivity contribution < 1.29 is 19.1 Å². The third-order valence-corrected chi connectivity index (χ3v) is 3.33. The number of aliphatic hydroxyl groups excluding tert-OH is 1. The van der Waals surface area contributed by atoms with Crippen LogP contribution in [0.5, 0.6) is 0 Å². The largest absolute Gasteiger partial charge is 0.395 e. The molecule has 2 rings (SSSR count). The Hall–Kier alpha value is -1.44. The van der Waals surface area contributed by atoms with Gasteiger partial charge in [0.05, 0.1) is 23.9 Å². The maximum Gasteiger partial charge on any atom is 0.277 e. The van der Waals surface area contributed by atoms with Gasteiger partial charge >= 0.3 is 0 Å². The zero-order valence-electron chi connectivity index (χ0n) is 9.99. The Bertz CT molecular complexity index is 621. The molecule has 0 fully saturated rings. The molecule has 1 aliphatic rings. The Morgan fingerprint density at radius 3 is 2.75 bits per heavy atom. The van der Waals surface area contributed by atoms with Crippen LogP contribution in [0, 0.1) is 5.82 Å². The molecule has 0 saturated heterocycles. The fraction of sp³-hybridized carbons (Fsp3) is 0.167. The Kier molecular flexibility index (Phi) is 4.42. The van der Waals surface area contributed by atoms with Crippen molar-refractivity contribution in [2.24, 2.45) is 0 Å². The second-order valence-electron chi connectivity index (χ2n) is 3.95. The summed E-state index contributed by atoms with van der Waals surface area (Å²) in [6.07, 6.45) is 1.05. The maximum atomic E-state index is 13.8. The summed E-state index contributed by atoms with van der Waals surface area (Å²) in [6, 6.07) is 2.77. The monoisotopic (exact) mass is 362 g/mol. The zero-order chi connectivity index (χ0) is 14.9. The highest BCUT2D eigenvalue weighted by molar-refractivity contribution is 9.10. The molecule has 1 heterocycles. The Morgan fingerprint density at radius 2 is 2.10 bits per heavy atom. The highest BCUT2D eigenvalue weighted by Gasteiger charge is 2.31. The van der Waals surface area contributed by atoms with E-state index in [1.165, 1.54) is 12.1 Å². The van der Waals surface area contributed by atoms with Crippen LogP contribution in [0.15, 0.2) is 28.4 Å². The van der Waals surface area contributed by atoms with Gasteiger partial charge < -0.3 is 10.4 Å². The summed E-state index contributed by atoms with van der Waals surface area (Å²) in [6.45, 7) is -0.448. The van der Waals surface area contributed by atoms with E-state index in [1.807, 2.05) is 0 Å². The molecule has 0 unspecified atom stereocenters. The number of anilines is 1. The average molecular weight is 364 g/mol. The van der Waals surface area contributed by atoms with Crippen molar-refractivity contribution in [3.63, 3.8) is 0 Å². The average Bonchev–Trinajstić information content (AvgIpc) is 2.63. The summed E-state index contributed by atoms with van der Waals surface area (Å²) < 4.78 is 14.3. The quantitative estimate of drug-likeness (QED) is 0.633. The number of carbonyl (C=O) groups is 2. The molecule has 2 amide bonds. The molecular weight excluding hydrogens is 354 g/mol. The van der Waals surface area contributed by atoms with Gasteiger partial charge in [-0.1, -0.05) is 27.5 Å². The van der Waals surface area contributed by atoms with E-state index >= 15 is 0 Å². The van der Waals surface area contributed by atoms with E-state index in [2.05, 4.69) is 21.2 Å². The van der Waals surface area contributed by atoms with E-state index in [1.54, 1.807) is 0 Å². The fourth-order valence-electron chi connectivity index (χ4n) is 1.70. The number of rotatable bonds is 4. The molecule has 20 heavy (non-hydrogen) atoms. The van der Waals surface area contributed by atoms with Gasteiger partial charge in [0.25, 0.3) is 11.8 Å². The highest BCUT2D eigenvalue weighted by Crippen LogP contribution is 2.29. The number of amides is 2. The molecule has 0 atom stereocenters. The minimum absolute atomic E-state index is 0.0253. The number of halogens is 3. The van der Waals surface area contributed by atoms with Crippen LogP contribution in [-0.4, -0.2) is 35.0 Å². The molecule has 0 aliphatic carbocycles. The van der Waals surface area contributed by atoms with E-state index in [-0.39, 0.29) is 29.6 Å². The van der Waals surface area contributed by atoms with Crippen molar-refractivity contribution in [2.45, 2.75) is 0 Å². The highest BCUT2D eigenvalue weighted by atomic mass is 79.9. The zero-order valence-corrected chi connectivity index (χ0v) is 12.3. The molecule has 1 aliphatic heterocycles. The first kappa shape index (κ1) is 15.0. The summed E-state index contributed by atoms with van der Waals surface area (Å²) in [7, 11) is 0. The Morgan fingerprint density at radius 1 is 1.40 bits per heavy atom. The van der Waals surface area contributed by atoms with E-state index in [0.29, 0.717) is 4.47 Å². The van der Waals surface area contributed by atoms with Gasteiger partial charge in [-0.25, -0.2) is 4.39 Å². The SMILES string of the molecule is O=C1C=C(Nc2cc(Br)cc(Cl)c2F)C(=O)N1CCO.